The maximum atomic E-state index is 13.3. The van der Waals surface area contributed by atoms with Crippen LogP contribution in [0.2, 0.25) is 0 Å². The molecule has 2 heterocycles. The number of anilines is 1. The second-order valence-corrected chi connectivity index (χ2v) is 10.0. The molecule has 2 fully saturated rings. The highest BCUT2D eigenvalue weighted by atomic mass is 16.6. The van der Waals surface area contributed by atoms with Crippen molar-refractivity contribution in [2.24, 2.45) is 5.92 Å². The van der Waals surface area contributed by atoms with Gasteiger partial charge in [0.15, 0.2) is 0 Å². The Hall–Kier alpha value is -3.72. The van der Waals surface area contributed by atoms with Crippen LogP contribution in [0.25, 0.3) is 0 Å². The van der Waals surface area contributed by atoms with Crippen molar-refractivity contribution in [3.63, 3.8) is 0 Å². The zero-order valence-electron chi connectivity index (χ0n) is 22.5. The maximum Gasteiger partial charge on any atom is 0.338 e. The van der Waals surface area contributed by atoms with Gasteiger partial charge in [0, 0.05) is 37.0 Å². The fourth-order valence-electron chi connectivity index (χ4n) is 5.42. The molecule has 2 aromatic rings. The van der Waals surface area contributed by atoms with Gasteiger partial charge in [-0.3, -0.25) is 19.3 Å². The topological polar surface area (TPSA) is 111 Å². The van der Waals surface area contributed by atoms with E-state index in [1.807, 2.05) is 25.2 Å². The molecule has 0 aliphatic carbocycles. The second-order valence-electron chi connectivity index (χ2n) is 10.0. The van der Waals surface area contributed by atoms with Crippen LogP contribution < -0.4 is 5.32 Å². The highest BCUT2D eigenvalue weighted by Crippen LogP contribution is 2.40. The molecule has 0 spiro atoms. The van der Waals surface area contributed by atoms with E-state index in [-0.39, 0.29) is 50.0 Å². The highest BCUT2D eigenvalue weighted by Gasteiger charge is 2.51. The quantitative estimate of drug-likeness (QED) is 0.341. The molecule has 0 radical (unpaired) electrons. The number of nitrogens with one attached hydrogen (secondary N) is 1. The minimum atomic E-state index is -0.534. The van der Waals surface area contributed by atoms with Gasteiger partial charge in [-0.2, -0.15) is 0 Å². The van der Waals surface area contributed by atoms with Crippen molar-refractivity contribution < 1.29 is 33.4 Å². The molecule has 208 valence electrons. The summed E-state index contributed by atoms with van der Waals surface area (Å²) in [7, 11) is 2.02. The summed E-state index contributed by atoms with van der Waals surface area (Å²) in [6.07, 6.45) is 2.52. The summed E-state index contributed by atoms with van der Waals surface area (Å²) in [5.74, 6) is -1.96. The summed E-state index contributed by atoms with van der Waals surface area (Å²) < 4.78 is 16.4. The molecule has 0 saturated carbocycles. The summed E-state index contributed by atoms with van der Waals surface area (Å²) in [5.41, 5.74) is 2.03. The Labute approximate surface area is 228 Å². The summed E-state index contributed by atoms with van der Waals surface area (Å²) >= 11 is 0. The lowest BCUT2D eigenvalue weighted by Gasteiger charge is -2.40. The molecular weight excluding hydrogens is 500 g/mol. The fraction of sp³-hybridized carbons (Fsp3) is 0.467. The average molecular weight is 537 g/mol. The lowest BCUT2D eigenvalue weighted by molar-refractivity contribution is -0.159. The Morgan fingerprint density at radius 2 is 1.69 bits per heavy atom. The zero-order chi connectivity index (χ0) is 27.8. The SMILES string of the molecule is CCOC(=O)CCC(=O)Nc1ccc(CCOC(=O)C2C(OC(=O)c3ccccc3)CC3CCC2N3C)cc1. The van der Waals surface area contributed by atoms with Crippen LogP contribution in [0, 0.1) is 5.92 Å². The molecule has 2 aliphatic heterocycles. The first-order valence-corrected chi connectivity index (χ1v) is 13.5. The number of esters is 3. The minimum Gasteiger partial charge on any atom is -0.466 e. The summed E-state index contributed by atoms with van der Waals surface area (Å²) in [4.78, 5) is 51.7. The van der Waals surface area contributed by atoms with E-state index in [9.17, 15) is 19.2 Å². The van der Waals surface area contributed by atoms with Gasteiger partial charge in [0.05, 0.1) is 25.2 Å². The van der Waals surface area contributed by atoms with Gasteiger partial charge in [0.25, 0.3) is 0 Å². The molecule has 39 heavy (non-hydrogen) atoms. The number of carbonyl (C=O) groups is 4. The van der Waals surface area contributed by atoms with Gasteiger partial charge in [-0.25, -0.2) is 4.79 Å². The molecule has 2 aromatic carbocycles. The predicted molar refractivity (Wildman–Crippen MR) is 144 cm³/mol. The number of amides is 1. The minimum absolute atomic E-state index is 0.0171. The number of ether oxygens (including phenoxy) is 3. The van der Waals surface area contributed by atoms with Crippen LogP contribution in [0.3, 0.4) is 0 Å². The van der Waals surface area contributed by atoms with Crippen LogP contribution in [0.5, 0.6) is 0 Å². The molecule has 1 N–H and O–H groups in total. The van der Waals surface area contributed by atoms with Crippen LogP contribution in [0.1, 0.15) is 54.9 Å². The zero-order valence-corrected chi connectivity index (χ0v) is 22.5. The Balaban J connectivity index is 1.28. The van der Waals surface area contributed by atoms with Crippen molar-refractivity contribution in [1.82, 2.24) is 4.90 Å². The first kappa shape index (κ1) is 28.3. The summed E-state index contributed by atoms with van der Waals surface area (Å²) in [5, 5.41) is 2.76. The van der Waals surface area contributed by atoms with Crippen LogP contribution in [0.4, 0.5) is 5.69 Å². The van der Waals surface area contributed by atoms with Crippen LogP contribution >= 0.6 is 0 Å². The van der Waals surface area contributed by atoms with Crippen LogP contribution in [0.15, 0.2) is 54.6 Å². The lowest BCUT2D eigenvalue weighted by Crippen LogP contribution is -2.53. The van der Waals surface area contributed by atoms with Gasteiger partial charge in [-0.15, -0.1) is 0 Å². The van der Waals surface area contributed by atoms with E-state index in [0.29, 0.717) is 24.1 Å². The van der Waals surface area contributed by atoms with Gasteiger partial charge in [-0.1, -0.05) is 30.3 Å². The maximum absolute atomic E-state index is 13.3. The van der Waals surface area contributed by atoms with E-state index in [0.717, 1.165) is 18.4 Å². The molecule has 4 unspecified atom stereocenters. The standard InChI is InChI=1S/C30H36N2O7/c1-3-37-27(34)16-15-26(33)31-22-11-9-20(10-12-22)17-18-38-30(36)28-24-14-13-23(32(24)2)19-25(28)39-29(35)21-7-5-4-6-8-21/h4-12,23-25,28H,3,13-19H2,1-2H3,(H,31,33). The number of hydrogen-bond donors (Lipinski definition) is 1. The van der Waals surface area contributed by atoms with Crippen molar-refractivity contribution in [1.29, 1.82) is 0 Å². The van der Waals surface area contributed by atoms with E-state index < -0.39 is 24.0 Å². The third-order valence-corrected chi connectivity index (χ3v) is 7.49. The van der Waals surface area contributed by atoms with Crippen LogP contribution in [-0.4, -0.2) is 67.2 Å². The first-order chi connectivity index (χ1) is 18.9. The summed E-state index contributed by atoms with van der Waals surface area (Å²) in [6.45, 7) is 2.21. The molecule has 9 nitrogen and oxygen atoms in total. The number of fused-ring (bicyclic) bond motifs is 2. The van der Waals surface area contributed by atoms with Gasteiger partial charge in [0.2, 0.25) is 5.91 Å². The van der Waals surface area contributed by atoms with Gasteiger partial charge >= 0.3 is 17.9 Å². The Bertz CT molecular complexity index is 1150. The number of benzene rings is 2. The van der Waals surface area contributed by atoms with Crippen molar-refractivity contribution in [2.45, 2.75) is 63.6 Å². The molecule has 0 aromatic heterocycles. The van der Waals surface area contributed by atoms with Crippen molar-refractivity contribution >= 4 is 29.5 Å². The normalized spacial score (nSPS) is 22.1. The number of nitrogens with zero attached hydrogens (tertiary/aromatic N) is 1. The molecule has 4 rings (SSSR count). The lowest BCUT2D eigenvalue weighted by atomic mass is 9.87. The first-order valence-electron chi connectivity index (χ1n) is 13.5. The molecule has 9 heteroatoms. The average Bonchev–Trinajstić information content (AvgIpc) is 3.16. The van der Waals surface area contributed by atoms with Crippen molar-refractivity contribution in [3.8, 4) is 0 Å². The Morgan fingerprint density at radius 3 is 2.41 bits per heavy atom. The molecule has 1 amide bonds. The van der Waals surface area contributed by atoms with Gasteiger partial charge in [0.1, 0.15) is 12.0 Å². The fourth-order valence-corrected chi connectivity index (χ4v) is 5.42. The molecule has 4 atom stereocenters. The van der Waals surface area contributed by atoms with E-state index >= 15 is 0 Å². The largest absolute Gasteiger partial charge is 0.466 e. The smallest absolute Gasteiger partial charge is 0.338 e. The van der Waals surface area contributed by atoms with Gasteiger partial charge in [-0.05, 0) is 56.6 Å². The van der Waals surface area contributed by atoms with E-state index in [4.69, 9.17) is 14.2 Å². The molecule has 2 bridgehead atoms. The molecular formula is C30H36N2O7. The van der Waals surface area contributed by atoms with E-state index in [1.54, 1.807) is 43.3 Å². The third-order valence-electron chi connectivity index (χ3n) is 7.49. The predicted octanol–water partition coefficient (Wildman–Crippen LogP) is 3.76. The highest BCUT2D eigenvalue weighted by molar-refractivity contribution is 5.92. The molecule has 2 aliphatic rings. The number of piperidine rings is 1. The Morgan fingerprint density at radius 1 is 0.949 bits per heavy atom. The van der Waals surface area contributed by atoms with Crippen LogP contribution in [-0.2, 0) is 35.0 Å². The number of hydrogen-bond acceptors (Lipinski definition) is 8. The third kappa shape index (κ3) is 7.44. The van der Waals surface area contributed by atoms with Crippen molar-refractivity contribution in [2.75, 3.05) is 25.6 Å². The monoisotopic (exact) mass is 536 g/mol. The number of carbonyl (C=O) groups excluding carboxylic acids is 4. The van der Waals surface area contributed by atoms with Gasteiger partial charge < -0.3 is 19.5 Å². The van der Waals surface area contributed by atoms with Crippen molar-refractivity contribution in [3.05, 3.63) is 65.7 Å². The second kappa shape index (κ2) is 13.4. The Kier molecular flexibility index (Phi) is 9.70. The van der Waals surface area contributed by atoms with E-state index in [2.05, 4.69) is 10.2 Å². The van der Waals surface area contributed by atoms with E-state index in [1.165, 1.54) is 0 Å². The molecule has 2 saturated heterocycles. The summed E-state index contributed by atoms with van der Waals surface area (Å²) in [6, 6.07) is 16.4. The number of rotatable bonds is 11.